The van der Waals surface area contributed by atoms with Gasteiger partial charge in [0.1, 0.15) is 11.9 Å². The molecule has 1 heterocycles. The van der Waals surface area contributed by atoms with Crippen LogP contribution in [0.3, 0.4) is 0 Å². The number of fused-ring (bicyclic) bond motifs is 1. The van der Waals surface area contributed by atoms with Crippen molar-refractivity contribution < 1.29 is 13.2 Å². The van der Waals surface area contributed by atoms with Gasteiger partial charge in [-0.1, -0.05) is 18.5 Å². The Morgan fingerprint density at radius 2 is 2.10 bits per heavy atom. The highest BCUT2D eigenvalue weighted by atomic mass is 35.5. The summed E-state index contributed by atoms with van der Waals surface area (Å²) in [5.74, 6) is 0.603. The van der Waals surface area contributed by atoms with Gasteiger partial charge in [-0.2, -0.15) is 0 Å². The van der Waals surface area contributed by atoms with Crippen molar-refractivity contribution in [3.05, 3.63) is 22.7 Å². The molecule has 8 heteroatoms. The normalized spacial score (nSPS) is 17.0. The van der Waals surface area contributed by atoms with Crippen molar-refractivity contribution in [1.82, 2.24) is 10.0 Å². The number of halogens is 2. The van der Waals surface area contributed by atoms with Gasteiger partial charge in [0, 0.05) is 25.1 Å². The summed E-state index contributed by atoms with van der Waals surface area (Å²) in [5.41, 5.74) is 0.844. The Bertz CT molecular complexity index is 593. The molecule has 0 fully saturated rings. The first-order valence-corrected chi connectivity index (χ1v) is 8.49. The van der Waals surface area contributed by atoms with Gasteiger partial charge < -0.3 is 10.1 Å². The van der Waals surface area contributed by atoms with Crippen LogP contribution in [0.5, 0.6) is 5.75 Å². The first-order valence-electron chi connectivity index (χ1n) is 6.63. The zero-order valence-corrected chi connectivity index (χ0v) is 14.4. The van der Waals surface area contributed by atoms with Gasteiger partial charge in [0.25, 0.3) is 0 Å². The first-order chi connectivity index (χ1) is 9.44. The van der Waals surface area contributed by atoms with E-state index < -0.39 is 10.0 Å². The highest BCUT2D eigenvalue weighted by Crippen LogP contribution is 2.37. The lowest BCUT2D eigenvalue weighted by Gasteiger charge is -2.09. The van der Waals surface area contributed by atoms with Gasteiger partial charge in [0.15, 0.2) is 0 Å². The minimum absolute atomic E-state index is 0. The van der Waals surface area contributed by atoms with Crippen molar-refractivity contribution in [2.45, 2.75) is 31.3 Å². The molecule has 0 bridgehead atoms. The molecule has 0 amide bonds. The molecule has 1 unspecified atom stereocenters. The van der Waals surface area contributed by atoms with E-state index in [4.69, 9.17) is 16.3 Å². The Labute approximate surface area is 136 Å². The van der Waals surface area contributed by atoms with Crippen molar-refractivity contribution in [1.29, 1.82) is 0 Å². The fourth-order valence-corrected chi connectivity index (χ4v) is 3.60. The molecule has 1 aliphatic heterocycles. The predicted octanol–water partition coefficient (Wildman–Crippen LogP) is 1.97. The highest BCUT2D eigenvalue weighted by Gasteiger charge is 2.25. The molecule has 1 aromatic carbocycles. The molecule has 120 valence electrons. The highest BCUT2D eigenvalue weighted by molar-refractivity contribution is 7.89. The number of benzene rings is 1. The summed E-state index contributed by atoms with van der Waals surface area (Å²) in [5, 5.41) is 3.40. The summed E-state index contributed by atoms with van der Waals surface area (Å²) in [6, 6.07) is 3.08. The van der Waals surface area contributed by atoms with Gasteiger partial charge in [-0.3, -0.25) is 0 Å². The summed E-state index contributed by atoms with van der Waals surface area (Å²) in [7, 11) is -3.53. The maximum absolute atomic E-state index is 12.2. The SMILES string of the molecule is CCNCCNS(=O)(=O)c1cc(Cl)c2c(c1)CC(C)O2.Cl. The molecule has 0 saturated carbocycles. The van der Waals surface area contributed by atoms with E-state index >= 15 is 0 Å². The zero-order chi connectivity index (χ0) is 14.8. The van der Waals surface area contributed by atoms with Gasteiger partial charge in [0.2, 0.25) is 10.0 Å². The Balaban J connectivity index is 0.00000220. The van der Waals surface area contributed by atoms with Crippen molar-refractivity contribution in [3.63, 3.8) is 0 Å². The van der Waals surface area contributed by atoms with Crippen molar-refractivity contribution in [2.24, 2.45) is 0 Å². The minimum atomic E-state index is -3.53. The molecule has 2 rings (SSSR count). The van der Waals surface area contributed by atoms with Crippen LogP contribution in [0.1, 0.15) is 19.4 Å². The third-order valence-electron chi connectivity index (χ3n) is 3.07. The molecular formula is C13H20Cl2N2O3S. The Kier molecular flexibility index (Phi) is 6.74. The lowest BCUT2D eigenvalue weighted by molar-refractivity contribution is 0.255. The number of hydrogen-bond acceptors (Lipinski definition) is 4. The van der Waals surface area contributed by atoms with Crippen LogP contribution in [0.15, 0.2) is 17.0 Å². The molecule has 0 aromatic heterocycles. The monoisotopic (exact) mass is 354 g/mol. The average Bonchev–Trinajstić information content (AvgIpc) is 2.76. The van der Waals surface area contributed by atoms with Crippen molar-refractivity contribution >= 4 is 34.0 Å². The second-order valence-corrected chi connectivity index (χ2v) is 6.95. The Morgan fingerprint density at radius 1 is 1.38 bits per heavy atom. The van der Waals surface area contributed by atoms with Crippen LogP contribution >= 0.6 is 24.0 Å². The van der Waals surface area contributed by atoms with E-state index in [9.17, 15) is 8.42 Å². The van der Waals surface area contributed by atoms with E-state index in [0.29, 0.717) is 30.3 Å². The maximum Gasteiger partial charge on any atom is 0.240 e. The molecule has 5 nitrogen and oxygen atoms in total. The molecule has 0 saturated heterocycles. The third kappa shape index (κ3) is 4.47. The molecule has 1 aliphatic rings. The van der Waals surface area contributed by atoms with Crippen LogP contribution in [0, 0.1) is 0 Å². The van der Waals surface area contributed by atoms with E-state index in [1.807, 2.05) is 13.8 Å². The fraction of sp³-hybridized carbons (Fsp3) is 0.538. The van der Waals surface area contributed by atoms with Gasteiger partial charge in [-0.15, -0.1) is 12.4 Å². The number of sulfonamides is 1. The standard InChI is InChI=1S/C13H19ClN2O3S.ClH/c1-3-15-4-5-16-20(17,18)11-7-10-6-9(2)19-13(10)12(14)8-11;/h7-9,15-16H,3-6H2,1-2H3;1H. The summed E-state index contributed by atoms with van der Waals surface area (Å²) >= 11 is 6.10. The molecule has 2 N–H and O–H groups in total. The predicted molar refractivity (Wildman–Crippen MR) is 86.2 cm³/mol. The molecule has 0 spiro atoms. The quantitative estimate of drug-likeness (QED) is 0.766. The lowest BCUT2D eigenvalue weighted by atomic mass is 10.1. The largest absolute Gasteiger partial charge is 0.489 e. The fourth-order valence-electron chi connectivity index (χ4n) is 2.15. The smallest absolute Gasteiger partial charge is 0.240 e. The number of nitrogens with one attached hydrogen (secondary N) is 2. The molecule has 0 radical (unpaired) electrons. The van der Waals surface area contributed by atoms with E-state index in [1.54, 1.807) is 6.07 Å². The second kappa shape index (κ2) is 7.65. The van der Waals surface area contributed by atoms with Gasteiger partial charge in [0.05, 0.1) is 9.92 Å². The van der Waals surface area contributed by atoms with Crippen LogP contribution in [-0.2, 0) is 16.4 Å². The first kappa shape index (κ1) is 18.5. The van der Waals surface area contributed by atoms with E-state index in [-0.39, 0.29) is 23.4 Å². The maximum atomic E-state index is 12.2. The number of hydrogen-bond donors (Lipinski definition) is 2. The van der Waals surface area contributed by atoms with E-state index in [0.717, 1.165) is 12.1 Å². The average molecular weight is 355 g/mol. The van der Waals surface area contributed by atoms with Crippen LogP contribution in [0.2, 0.25) is 5.02 Å². The molecular weight excluding hydrogens is 335 g/mol. The second-order valence-electron chi connectivity index (χ2n) is 4.78. The molecule has 1 atom stereocenters. The van der Waals surface area contributed by atoms with Gasteiger partial charge in [-0.05, 0) is 25.6 Å². The lowest BCUT2D eigenvalue weighted by Crippen LogP contribution is -2.31. The summed E-state index contributed by atoms with van der Waals surface area (Å²) in [6.07, 6.45) is 0.706. The Hall–Kier alpha value is -0.530. The zero-order valence-electron chi connectivity index (χ0n) is 12.0. The number of rotatable bonds is 6. The van der Waals surface area contributed by atoms with Crippen LogP contribution in [-0.4, -0.2) is 34.2 Å². The molecule has 0 aliphatic carbocycles. The van der Waals surface area contributed by atoms with Gasteiger partial charge in [-0.25, -0.2) is 13.1 Å². The number of ether oxygens (including phenoxy) is 1. The summed E-state index contributed by atoms with van der Waals surface area (Å²) in [6.45, 7) is 5.64. The number of likely N-dealkylation sites (N-methyl/N-ethyl adjacent to an activating group) is 1. The Morgan fingerprint density at radius 3 is 2.76 bits per heavy atom. The summed E-state index contributed by atoms with van der Waals surface area (Å²) < 4.78 is 32.5. The van der Waals surface area contributed by atoms with Crippen molar-refractivity contribution in [2.75, 3.05) is 19.6 Å². The van der Waals surface area contributed by atoms with Crippen LogP contribution in [0.25, 0.3) is 0 Å². The van der Waals surface area contributed by atoms with E-state index in [2.05, 4.69) is 10.0 Å². The van der Waals surface area contributed by atoms with Crippen LogP contribution in [0.4, 0.5) is 0 Å². The van der Waals surface area contributed by atoms with Crippen molar-refractivity contribution in [3.8, 4) is 5.75 Å². The molecule has 21 heavy (non-hydrogen) atoms. The van der Waals surface area contributed by atoms with Gasteiger partial charge >= 0.3 is 0 Å². The van der Waals surface area contributed by atoms with E-state index in [1.165, 1.54) is 6.07 Å². The third-order valence-corrected chi connectivity index (χ3v) is 4.80. The topological polar surface area (TPSA) is 67.4 Å². The minimum Gasteiger partial charge on any atom is -0.489 e. The summed E-state index contributed by atoms with van der Waals surface area (Å²) in [4.78, 5) is 0.190. The van der Waals surface area contributed by atoms with Crippen LogP contribution < -0.4 is 14.8 Å². The molecule has 1 aromatic rings.